The fourth-order valence-electron chi connectivity index (χ4n) is 2.45. The van der Waals surface area contributed by atoms with Gasteiger partial charge in [-0.1, -0.05) is 13.0 Å². The van der Waals surface area contributed by atoms with Gasteiger partial charge in [0, 0.05) is 25.1 Å². The summed E-state index contributed by atoms with van der Waals surface area (Å²) in [4.78, 5) is 14.2. The Bertz CT molecular complexity index is 551. The van der Waals surface area contributed by atoms with E-state index in [9.17, 15) is 4.79 Å². The SMILES string of the molecule is CCCOc1ccc(/C=C2\CN(C)CCC2=O)cc1OCC. The van der Waals surface area contributed by atoms with Crippen molar-refractivity contribution in [3.05, 3.63) is 29.3 Å². The molecule has 0 aliphatic carbocycles. The molecular weight excluding hydrogens is 278 g/mol. The van der Waals surface area contributed by atoms with E-state index in [1.807, 2.05) is 38.2 Å². The molecule has 120 valence electrons. The first-order chi connectivity index (χ1) is 10.6. The van der Waals surface area contributed by atoms with Crippen LogP contribution < -0.4 is 9.47 Å². The standard InChI is InChI=1S/C18H25NO3/c1-4-10-22-17-7-6-14(12-18(17)21-5-2)11-15-13-19(3)9-8-16(15)20/h6-7,11-12H,4-5,8-10,13H2,1-3H3/b15-11+. The van der Waals surface area contributed by atoms with Gasteiger partial charge in [0.25, 0.3) is 0 Å². The van der Waals surface area contributed by atoms with E-state index in [0.29, 0.717) is 26.2 Å². The smallest absolute Gasteiger partial charge is 0.161 e. The molecule has 4 nitrogen and oxygen atoms in total. The minimum atomic E-state index is 0.238. The predicted octanol–water partition coefficient (Wildman–Crippen LogP) is 3.16. The van der Waals surface area contributed by atoms with Crippen LogP contribution in [-0.2, 0) is 4.79 Å². The van der Waals surface area contributed by atoms with Crippen molar-refractivity contribution in [3.8, 4) is 11.5 Å². The molecule has 22 heavy (non-hydrogen) atoms. The molecule has 1 aliphatic rings. The van der Waals surface area contributed by atoms with Gasteiger partial charge in [-0.25, -0.2) is 0 Å². The molecule has 1 heterocycles. The van der Waals surface area contributed by atoms with E-state index in [2.05, 4.69) is 11.8 Å². The van der Waals surface area contributed by atoms with Crippen molar-refractivity contribution in [1.29, 1.82) is 0 Å². The number of nitrogens with zero attached hydrogens (tertiary/aromatic N) is 1. The first-order valence-electron chi connectivity index (χ1n) is 7.96. The lowest BCUT2D eigenvalue weighted by Crippen LogP contribution is -2.32. The highest BCUT2D eigenvalue weighted by molar-refractivity contribution is 6.00. The summed E-state index contributed by atoms with van der Waals surface area (Å²) in [5.41, 5.74) is 1.84. The zero-order valence-corrected chi connectivity index (χ0v) is 13.7. The van der Waals surface area contributed by atoms with Crippen LogP contribution in [-0.4, -0.2) is 44.0 Å². The van der Waals surface area contributed by atoms with Crippen LogP contribution in [0.15, 0.2) is 23.8 Å². The quantitative estimate of drug-likeness (QED) is 0.757. The molecular formula is C18H25NO3. The number of carbonyl (C=O) groups excluding carboxylic acids is 1. The van der Waals surface area contributed by atoms with Gasteiger partial charge < -0.3 is 14.4 Å². The highest BCUT2D eigenvalue weighted by Gasteiger charge is 2.18. The summed E-state index contributed by atoms with van der Waals surface area (Å²) in [6.07, 6.45) is 3.51. The van der Waals surface area contributed by atoms with E-state index in [-0.39, 0.29) is 5.78 Å². The van der Waals surface area contributed by atoms with Gasteiger partial charge in [0.05, 0.1) is 13.2 Å². The molecule has 0 N–H and O–H groups in total. The molecule has 1 aromatic rings. The number of likely N-dealkylation sites (N-methyl/N-ethyl adjacent to an activating group) is 1. The highest BCUT2D eigenvalue weighted by Crippen LogP contribution is 2.30. The average molecular weight is 303 g/mol. The van der Waals surface area contributed by atoms with Crippen LogP contribution in [0.1, 0.15) is 32.3 Å². The van der Waals surface area contributed by atoms with Crippen molar-refractivity contribution in [2.45, 2.75) is 26.7 Å². The second-order valence-electron chi connectivity index (χ2n) is 5.57. The van der Waals surface area contributed by atoms with Gasteiger partial charge in [0.15, 0.2) is 17.3 Å². The summed E-state index contributed by atoms with van der Waals surface area (Å²) in [7, 11) is 2.04. The Morgan fingerprint density at radius 1 is 1.23 bits per heavy atom. The van der Waals surface area contributed by atoms with E-state index in [0.717, 1.165) is 35.6 Å². The van der Waals surface area contributed by atoms with Gasteiger partial charge in [-0.3, -0.25) is 4.79 Å². The normalized spacial score (nSPS) is 17.8. The number of ketones is 1. The van der Waals surface area contributed by atoms with E-state index >= 15 is 0 Å². The van der Waals surface area contributed by atoms with Gasteiger partial charge in [-0.15, -0.1) is 0 Å². The van der Waals surface area contributed by atoms with Crippen molar-refractivity contribution in [2.75, 3.05) is 33.4 Å². The number of hydrogen-bond donors (Lipinski definition) is 0. The lowest BCUT2D eigenvalue weighted by molar-refractivity contribution is -0.117. The molecule has 4 heteroatoms. The van der Waals surface area contributed by atoms with Crippen LogP contribution in [0.2, 0.25) is 0 Å². The molecule has 1 fully saturated rings. The fraction of sp³-hybridized carbons (Fsp3) is 0.500. The summed E-state index contributed by atoms with van der Waals surface area (Å²) in [6, 6.07) is 5.84. The summed E-state index contributed by atoms with van der Waals surface area (Å²) >= 11 is 0. The molecule has 0 amide bonds. The van der Waals surface area contributed by atoms with E-state index in [1.165, 1.54) is 0 Å². The summed E-state index contributed by atoms with van der Waals surface area (Å²) in [5.74, 6) is 1.74. The van der Waals surface area contributed by atoms with Gasteiger partial charge >= 0.3 is 0 Å². The minimum Gasteiger partial charge on any atom is -0.490 e. The topological polar surface area (TPSA) is 38.8 Å². The van der Waals surface area contributed by atoms with Gasteiger partial charge in [-0.05, 0) is 44.2 Å². The van der Waals surface area contributed by atoms with E-state index in [1.54, 1.807) is 0 Å². The van der Waals surface area contributed by atoms with Crippen molar-refractivity contribution >= 4 is 11.9 Å². The summed E-state index contributed by atoms with van der Waals surface area (Å²) in [5, 5.41) is 0. The van der Waals surface area contributed by atoms with Crippen molar-refractivity contribution in [1.82, 2.24) is 4.90 Å². The average Bonchev–Trinajstić information content (AvgIpc) is 2.50. The van der Waals surface area contributed by atoms with Crippen LogP contribution in [0.25, 0.3) is 6.08 Å². The molecule has 1 saturated heterocycles. The number of likely N-dealkylation sites (tertiary alicyclic amines) is 1. The maximum atomic E-state index is 12.0. The predicted molar refractivity (Wildman–Crippen MR) is 88.5 cm³/mol. The maximum absolute atomic E-state index is 12.0. The Morgan fingerprint density at radius 2 is 2.05 bits per heavy atom. The van der Waals surface area contributed by atoms with Crippen LogP contribution in [0.3, 0.4) is 0 Å². The number of rotatable bonds is 6. The lowest BCUT2D eigenvalue weighted by Gasteiger charge is -2.23. The van der Waals surface area contributed by atoms with Crippen LogP contribution in [0, 0.1) is 0 Å². The number of hydrogen-bond acceptors (Lipinski definition) is 4. The van der Waals surface area contributed by atoms with Crippen LogP contribution in [0.4, 0.5) is 0 Å². The van der Waals surface area contributed by atoms with Crippen LogP contribution >= 0.6 is 0 Å². The zero-order chi connectivity index (χ0) is 15.9. The molecule has 0 aromatic heterocycles. The van der Waals surface area contributed by atoms with Gasteiger partial charge in [0.2, 0.25) is 0 Å². The Balaban J connectivity index is 2.23. The van der Waals surface area contributed by atoms with E-state index < -0.39 is 0 Å². The Morgan fingerprint density at radius 3 is 2.77 bits per heavy atom. The second-order valence-corrected chi connectivity index (χ2v) is 5.57. The monoisotopic (exact) mass is 303 g/mol. The molecule has 0 bridgehead atoms. The molecule has 0 spiro atoms. The second kappa shape index (κ2) is 7.99. The van der Waals surface area contributed by atoms with E-state index in [4.69, 9.17) is 9.47 Å². The molecule has 0 unspecified atom stereocenters. The number of piperidine rings is 1. The molecule has 0 radical (unpaired) electrons. The van der Waals surface area contributed by atoms with Gasteiger partial charge in [0.1, 0.15) is 0 Å². The van der Waals surface area contributed by atoms with Gasteiger partial charge in [-0.2, -0.15) is 0 Å². The number of carbonyl (C=O) groups is 1. The van der Waals surface area contributed by atoms with Crippen LogP contribution in [0.5, 0.6) is 11.5 Å². The summed E-state index contributed by atoms with van der Waals surface area (Å²) < 4.78 is 11.4. The third-order valence-electron chi connectivity index (χ3n) is 3.59. The molecule has 0 atom stereocenters. The Hall–Kier alpha value is -1.81. The van der Waals surface area contributed by atoms with Crippen molar-refractivity contribution in [2.24, 2.45) is 0 Å². The number of benzene rings is 1. The molecule has 0 saturated carbocycles. The highest BCUT2D eigenvalue weighted by atomic mass is 16.5. The largest absolute Gasteiger partial charge is 0.490 e. The van der Waals surface area contributed by atoms with Crippen molar-refractivity contribution in [3.63, 3.8) is 0 Å². The summed E-state index contributed by atoms with van der Waals surface area (Å²) in [6.45, 7) is 6.83. The molecule has 2 rings (SSSR count). The Kier molecular flexibility index (Phi) is 6.01. The Labute approximate surface area is 132 Å². The fourth-order valence-corrected chi connectivity index (χ4v) is 2.45. The van der Waals surface area contributed by atoms with Crippen molar-refractivity contribution < 1.29 is 14.3 Å². The number of Topliss-reactive ketones (excluding diaryl/α,β-unsaturated/α-hetero) is 1. The molecule has 1 aliphatic heterocycles. The number of ether oxygens (including phenoxy) is 2. The minimum absolute atomic E-state index is 0.238. The molecule has 1 aromatic carbocycles. The first kappa shape index (κ1) is 16.6. The maximum Gasteiger partial charge on any atom is 0.161 e. The first-order valence-corrected chi connectivity index (χ1v) is 7.96. The third kappa shape index (κ3) is 4.34. The zero-order valence-electron chi connectivity index (χ0n) is 13.7. The third-order valence-corrected chi connectivity index (χ3v) is 3.59. The lowest BCUT2D eigenvalue weighted by atomic mass is 10.0.